The molecule has 116 valence electrons. The molecule has 0 bridgehead atoms. The van der Waals surface area contributed by atoms with E-state index in [1.165, 1.54) is 22.5 Å². The fraction of sp³-hybridized carbons (Fsp3) is 0.500. The Morgan fingerprint density at radius 1 is 1.29 bits per heavy atom. The molecule has 1 aromatic rings. The molecule has 1 aliphatic heterocycles. The van der Waals surface area contributed by atoms with E-state index in [0.717, 1.165) is 19.3 Å². The summed E-state index contributed by atoms with van der Waals surface area (Å²) in [5.41, 5.74) is 5.72. The first-order valence-corrected chi connectivity index (χ1v) is 8.35. The Labute approximate surface area is 124 Å². The second-order valence-corrected chi connectivity index (χ2v) is 7.33. The van der Waals surface area contributed by atoms with Crippen molar-refractivity contribution in [3.05, 3.63) is 23.8 Å². The monoisotopic (exact) mass is 312 g/mol. The second kappa shape index (κ2) is 5.65. The Bertz CT molecular complexity index is 647. The van der Waals surface area contributed by atoms with Gasteiger partial charge in [-0.25, -0.2) is 13.2 Å². The molecule has 3 N–H and O–H groups in total. The first kappa shape index (κ1) is 15.8. The van der Waals surface area contributed by atoms with Crippen LogP contribution in [0, 0.1) is 0 Å². The van der Waals surface area contributed by atoms with Crippen molar-refractivity contribution in [3.8, 4) is 0 Å². The Kier molecular flexibility index (Phi) is 4.25. The van der Waals surface area contributed by atoms with E-state index < -0.39 is 16.0 Å². The zero-order chi connectivity index (χ0) is 15.8. The molecule has 7 heteroatoms. The van der Waals surface area contributed by atoms with E-state index in [0.29, 0.717) is 0 Å². The van der Waals surface area contributed by atoms with Gasteiger partial charge in [0.15, 0.2) is 0 Å². The number of carboxylic acid groups (broad SMARTS) is 1. The molecule has 0 spiro atoms. The maximum Gasteiger partial charge on any atom is 0.335 e. The minimum atomic E-state index is -3.72. The minimum Gasteiger partial charge on any atom is -0.478 e. The first-order chi connectivity index (χ1) is 9.75. The number of benzene rings is 1. The number of piperidine rings is 1. The maximum atomic E-state index is 12.8. The summed E-state index contributed by atoms with van der Waals surface area (Å²) in [5.74, 6) is -1.13. The second-order valence-electron chi connectivity index (χ2n) is 5.52. The van der Waals surface area contributed by atoms with Crippen LogP contribution >= 0.6 is 0 Å². The van der Waals surface area contributed by atoms with Crippen LogP contribution in [-0.2, 0) is 10.0 Å². The first-order valence-electron chi connectivity index (χ1n) is 6.91. The van der Waals surface area contributed by atoms with Crippen molar-refractivity contribution in [2.75, 3.05) is 5.73 Å². The molecule has 2 rings (SSSR count). The number of hydrogen-bond acceptors (Lipinski definition) is 4. The summed E-state index contributed by atoms with van der Waals surface area (Å²) in [6.07, 6.45) is 2.63. The number of carbonyl (C=O) groups is 1. The van der Waals surface area contributed by atoms with Crippen LogP contribution in [0.15, 0.2) is 23.1 Å². The van der Waals surface area contributed by atoms with E-state index in [9.17, 15) is 13.2 Å². The van der Waals surface area contributed by atoms with Crippen LogP contribution in [0.3, 0.4) is 0 Å². The molecule has 0 aliphatic carbocycles. The molecular weight excluding hydrogens is 292 g/mol. The van der Waals surface area contributed by atoms with Crippen LogP contribution in [0.1, 0.15) is 43.5 Å². The summed E-state index contributed by atoms with van der Waals surface area (Å²) in [6.45, 7) is 3.77. The van der Waals surface area contributed by atoms with Crippen molar-refractivity contribution < 1.29 is 18.3 Å². The zero-order valence-electron chi connectivity index (χ0n) is 12.1. The molecule has 1 saturated heterocycles. The highest BCUT2D eigenvalue weighted by molar-refractivity contribution is 7.89. The molecule has 1 aliphatic rings. The fourth-order valence-electron chi connectivity index (χ4n) is 2.90. The SMILES string of the molecule is CC1CCCC(C)N1S(=O)(=O)c1ccc(C(=O)O)cc1N. The van der Waals surface area contributed by atoms with Crippen molar-refractivity contribution in [1.82, 2.24) is 4.31 Å². The minimum absolute atomic E-state index is 0.0203. The van der Waals surface area contributed by atoms with Crippen molar-refractivity contribution in [3.63, 3.8) is 0 Å². The third kappa shape index (κ3) is 2.89. The molecule has 2 atom stereocenters. The van der Waals surface area contributed by atoms with Crippen LogP contribution < -0.4 is 5.73 Å². The molecule has 1 heterocycles. The standard InChI is InChI=1S/C14H20N2O4S/c1-9-4-3-5-10(2)16(9)21(19,20)13-7-6-11(14(17)18)8-12(13)15/h6-10H,3-5,15H2,1-2H3,(H,17,18). The van der Waals surface area contributed by atoms with Crippen molar-refractivity contribution in [2.45, 2.75) is 50.1 Å². The molecule has 21 heavy (non-hydrogen) atoms. The summed E-state index contributed by atoms with van der Waals surface area (Å²) in [4.78, 5) is 10.9. The number of nitrogen functional groups attached to an aromatic ring is 1. The van der Waals surface area contributed by atoms with Gasteiger partial charge in [0.2, 0.25) is 10.0 Å². The average Bonchev–Trinajstić information content (AvgIpc) is 2.37. The van der Waals surface area contributed by atoms with Gasteiger partial charge in [0, 0.05) is 12.1 Å². The van der Waals surface area contributed by atoms with Crippen molar-refractivity contribution in [1.29, 1.82) is 0 Å². The van der Waals surface area contributed by atoms with E-state index in [4.69, 9.17) is 10.8 Å². The molecule has 2 unspecified atom stereocenters. The van der Waals surface area contributed by atoms with E-state index in [2.05, 4.69) is 0 Å². The molecule has 0 amide bonds. The topological polar surface area (TPSA) is 101 Å². The highest BCUT2D eigenvalue weighted by atomic mass is 32.2. The average molecular weight is 312 g/mol. The van der Waals surface area contributed by atoms with Crippen molar-refractivity contribution in [2.24, 2.45) is 0 Å². The zero-order valence-corrected chi connectivity index (χ0v) is 12.9. The number of aromatic carboxylic acids is 1. The van der Waals surface area contributed by atoms with Crippen LogP contribution in [0.25, 0.3) is 0 Å². The van der Waals surface area contributed by atoms with E-state index in [1.54, 1.807) is 0 Å². The maximum absolute atomic E-state index is 12.8. The highest BCUT2D eigenvalue weighted by Crippen LogP contribution is 2.32. The summed E-state index contributed by atoms with van der Waals surface area (Å²) >= 11 is 0. The summed E-state index contributed by atoms with van der Waals surface area (Å²) < 4.78 is 27.1. The summed E-state index contributed by atoms with van der Waals surface area (Å²) in [6, 6.07) is 3.57. The van der Waals surface area contributed by atoms with E-state index in [1.807, 2.05) is 13.8 Å². The van der Waals surface area contributed by atoms with Gasteiger partial charge >= 0.3 is 5.97 Å². The van der Waals surface area contributed by atoms with Crippen molar-refractivity contribution >= 4 is 21.7 Å². The predicted octanol–water partition coefficient (Wildman–Crippen LogP) is 1.92. The Morgan fingerprint density at radius 3 is 2.33 bits per heavy atom. The van der Waals surface area contributed by atoms with Gasteiger partial charge in [-0.2, -0.15) is 4.31 Å². The molecule has 0 aromatic heterocycles. The predicted molar refractivity (Wildman–Crippen MR) is 79.6 cm³/mol. The number of sulfonamides is 1. The van der Waals surface area contributed by atoms with Gasteiger partial charge < -0.3 is 10.8 Å². The fourth-order valence-corrected chi connectivity index (χ4v) is 4.88. The number of nitrogens with zero attached hydrogens (tertiary/aromatic N) is 1. The largest absolute Gasteiger partial charge is 0.478 e. The molecule has 0 radical (unpaired) electrons. The Balaban J connectivity index is 2.46. The quantitative estimate of drug-likeness (QED) is 0.830. The Morgan fingerprint density at radius 2 is 1.86 bits per heavy atom. The number of anilines is 1. The molecule has 1 fully saturated rings. The lowest BCUT2D eigenvalue weighted by molar-refractivity contribution is 0.0696. The third-order valence-corrected chi connectivity index (χ3v) is 6.13. The number of carboxylic acids is 1. The van der Waals surface area contributed by atoms with Crippen LogP contribution in [-0.4, -0.2) is 35.9 Å². The van der Waals surface area contributed by atoms with E-state index in [-0.39, 0.29) is 28.2 Å². The normalized spacial score (nSPS) is 23.9. The van der Waals surface area contributed by atoms with Gasteiger partial charge in [-0.3, -0.25) is 0 Å². The van der Waals surface area contributed by atoms with Gasteiger partial charge in [0.05, 0.1) is 11.3 Å². The van der Waals surface area contributed by atoms with Gasteiger partial charge in [0.25, 0.3) is 0 Å². The smallest absolute Gasteiger partial charge is 0.335 e. The van der Waals surface area contributed by atoms with Crippen LogP contribution in [0.4, 0.5) is 5.69 Å². The number of hydrogen-bond donors (Lipinski definition) is 2. The lowest BCUT2D eigenvalue weighted by atomic mass is 10.0. The van der Waals surface area contributed by atoms with Crippen LogP contribution in [0.5, 0.6) is 0 Å². The van der Waals surface area contributed by atoms with Gasteiger partial charge in [-0.05, 0) is 44.9 Å². The number of nitrogens with two attached hydrogens (primary N) is 1. The molecular formula is C14H20N2O4S. The summed E-state index contributed by atoms with van der Waals surface area (Å²) in [5, 5.41) is 8.92. The highest BCUT2D eigenvalue weighted by Gasteiger charge is 2.36. The van der Waals surface area contributed by atoms with Gasteiger partial charge in [-0.1, -0.05) is 6.42 Å². The third-order valence-electron chi connectivity index (χ3n) is 3.92. The molecule has 0 saturated carbocycles. The Hall–Kier alpha value is -1.60. The van der Waals surface area contributed by atoms with Gasteiger partial charge in [-0.15, -0.1) is 0 Å². The van der Waals surface area contributed by atoms with E-state index >= 15 is 0 Å². The molecule has 6 nitrogen and oxygen atoms in total. The van der Waals surface area contributed by atoms with Gasteiger partial charge in [0.1, 0.15) is 4.90 Å². The lowest BCUT2D eigenvalue weighted by Gasteiger charge is -2.37. The lowest BCUT2D eigenvalue weighted by Crippen LogP contribution is -2.47. The van der Waals surface area contributed by atoms with Crippen LogP contribution in [0.2, 0.25) is 0 Å². The summed E-state index contributed by atoms with van der Waals surface area (Å²) in [7, 11) is -3.72. The molecule has 1 aromatic carbocycles. The number of rotatable bonds is 3.